The Labute approximate surface area is 161 Å². The summed E-state index contributed by atoms with van der Waals surface area (Å²) in [7, 11) is 1.59. The van der Waals surface area contributed by atoms with E-state index in [4.69, 9.17) is 14.6 Å². The smallest absolute Gasteiger partial charge is 0.408 e. The Bertz CT molecular complexity index is 783. The maximum Gasteiger partial charge on any atom is 0.408 e. The highest BCUT2D eigenvalue weighted by molar-refractivity contribution is 7.11. The van der Waals surface area contributed by atoms with Crippen LogP contribution in [0.15, 0.2) is 24.3 Å². The fourth-order valence-electron chi connectivity index (χ4n) is 2.26. The number of carboxylic acids is 1. The van der Waals surface area contributed by atoms with Crippen LogP contribution in [-0.4, -0.2) is 40.1 Å². The maximum absolute atomic E-state index is 12.2. The number of nitrogens with zero attached hydrogens (tertiary/aromatic N) is 2. The number of aliphatic carboxylic acids is 1. The van der Waals surface area contributed by atoms with Gasteiger partial charge >= 0.3 is 12.1 Å². The maximum atomic E-state index is 12.2. The molecule has 1 atom stereocenters. The molecule has 1 aromatic heterocycles. The highest BCUT2D eigenvalue weighted by Crippen LogP contribution is 2.24. The summed E-state index contributed by atoms with van der Waals surface area (Å²) < 4.78 is 10.5. The van der Waals surface area contributed by atoms with E-state index in [1.165, 1.54) is 0 Å². The van der Waals surface area contributed by atoms with Crippen LogP contribution in [0.5, 0.6) is 5.75 Å². The van der Waals surface area contributed by atoms with E-state index in [1.54, 1.807) is 27.9 Å². The van der Waals surface area contributed by atoms with Gasteiger partial charge in [0.25, 0.3) is 0 Å². The van der Waals surface area contributed by atoms with Gasteiger partial charge in [-0.3, -0.25) is 4.79 Å². The van der Waals surface area contributed by atoms with E-state index < -0.39 is 23.7 Å². The predicted octanol–water partition coefficient (Wildman–Crippen LogP) is 2.98. The lowest BCUT2D eigenvalue weighted by molar-refractivity contribution is -0.136. The summed E-state index contributed by atoms with van der Waals surface area (Å²) in [5.74, 6) is -0.250. The van der Waals surface area contributed by atoms with Gasteiger partial charge in [-0.05, 0) is 44.9 Å². The average Bonchev–Trinajstić information content (AvgIpc) is 3.01. The zero-order chi connectivity index (χ0) is 20.0. The zero-order valence-corrected chi connectivity index (χ0v) is 16.5. The molecule has 2 rings (SSSR count). The second-order valence-electron chi connectivity index (χ2n) is 6.86. The van der Waals surface area contributed by atoms with Gasteiger partial charge in [0, 0.05) is 0 Å². The molecule has 8 nitrogen and oxygen atoms in total. The second kappa shape index (κ2) is 8.81. The minimum atomic E-state index is -0.982. The van der Waals surface area contributed by atoms with E-state index in [2.05, 4.69) is 15.5 Å². The quantitative estimate of drug-likeness (QED) is 0.744. The SMILES string of the molecule is COc1ccc(CC(NC(=O)OC(C)(C)C)c2nnc(CC(=O)O)s2)cc1. The third-order valence-electron chi connectivity index (χ3n) is 3.37. The Kier molecular flexibility index (Phi) is 6.73. The molecular formula is C18H23N3O5S. The summed E-state index contributed by atoms with van der Waals surface area (Å²) in [6.45, 7) is 5.34. The zero-order valence-electron chi connectivity index (χ0n) is 15.7. The summed E-state index contributed by atoms with van der Waals surface area (Å²) in [4.78, 5) is 23.1. The summed E-state index contributed by atoms with van der Waals surface area (Å²) in [5, 5.41) is 20.6. The monoisotopic (exact) mass is 393 g/mol. The third-order valence-corrected chi connectivity index (χ3v) is 4.41. The first-order valence-corrected chi connectivity index (χ1v) is 9.14. The van der Waals surface area contributed by atoms with Crippen molar-refractivity contribution in [3.05, 3.63) is 39.8 Å². The number of methoxy groups -OCH3 is 1. The van der Waals surface area contributed by atoms with Crippen molar-refractivity contribution in [3.63, 3.8) is 0 Å². The summed E-state index contributed by atoms with van der Waals surface area (Å²) in [6.07, 6.45) is -0.333. The largest absolute Gasteiger partial charge is 0.497 e. The van der Waals surface area contributed by atoms with Crippen LogP contribution in [0.4, 0.5) is 4.79 Å². The lowest BCUT2D eigenvalue weighted by Crippen LogP contribution is -2.35. The molecule has 0 fully saturated rings. The van der Waals surface area contributed by atoms with E-state index in [-0.39, 0.29) is 6.42 Å². The normalized spacial score (nSPS) is 12.3. The molecule has 1 amide bonds. The van der Waals surface area contributed by atoms with Crippen molar-refractivity contribution in [1.82, 2.24) is 15.5 Å². The number of carbonyl (C=O) groups excluding carboxylic acids is 1. The Morgan fingerprint density at radius 2 is 1.89 bits per heavy atom. The van der Waals surface area contributed by atoms with Crippen LogP contribution in [0.1, 0.15) is 42.4 Å². The molecule has 0 aliphatic carbocycles. The Hall–Kier alpha value is -2.68. The molecule has 0 saturated heterocycles. The second-order valence-corrected chi connectivity index (χ2v) is 7.95. The van der Waals surface area contributed by atoms with Crippen molar-refractivity contribution in [3.8, 4) is 5.75 Å². The number of ether oxygens (including phenoxy) is 2. The Balaban J connectivity index is 2.20. The van der Waals surface area contributed by atoms with Crippen molar-refractivity contribution < 1.29 is 24.2 Å². The molecule has 0 aliphatic rings. The van der Waals surface area contributed by atoms with E-state index >= 15 is 0 Å². The van der Waals surface area contributed by atoms with Gasteiger partial charge in [-0.25, -0.2) is 4.79 Å². The molecule has 0 spiro atoms. The van der Waals surface area contributed by atoms with Crippen LogP contribution >= 0.6 is 11.3 Å². The highest BCUT2D eigenvalue weighted by Gasteiger charge is 2.24. The van der Waals surface area contributed by atoms with Crippen molar-refractivity contribution >= 4 is 23.4 Å². The van der Waals surface area contributed by atoms with Crippen LogP contribution in [0, 0.1) is 0 Å². The van der Waals surface area contributed by atoms with Gasteiger partial charge in [0.2, 0.25) is 0 Å². The number of aromatic nitrogens is 2. The number of benzene rings is 1. The number of hydrogen-bond acceptors (Lipinski definition) is 7. The molecule has 2 aromatic rings. The average molecular weight is 393 g/mol. The van der Waals surface area contributed by atoms with Gasteiger partial charge in [0.1, 0.15) is 21.4 Å². The van der Waals surface area contributed by atoms with Crippen LogP contribution in [0.3, 0.4) is 0 Å². The number of amides is 1. The van der Waals surface area contributed by atoms with Crippen LogP contribution in [-0.2, 0) is 22.4 Å². The number of hydrogen-bond donors (Lipinski definition) is 2. The van der Waals surface area contributed by atoms with Gasteiger partial charge in [0.15, 0.2) is 0 Å². The first-order valence-electron chi connectivity index (χ1n) is 8.33. The standard InChI is InChI=1S/C18H23N3O5S/c1-18(2,3)26-17(24)19-13(9-11-5-7-12(25-4)8-6-11)16-21-20-14(27-16)10-15(22)23/h5-8,13H,9-10H2,1-4H3,(H,19,24)(H,22,23). The summed E-state index contributed by atoms with van der Waals surface area (Å²) in [6, 6.07) is 6.95. The van der Waals surface area contributed by atoms with Crippen molar-refractivity contribution in [2.45, 2.75) is 45.3 Å². The summed E-state index contributed by atoms with van der Waals surface area (Å²) in [5.41, 5.74) is 0.316. The molecule has 1 heterocycles. The molecular weight excluding hydrogens is 370 g/mol. The fraction of sp³-hybridized carbons (Fsp3) is 0.444. The molecule has 1 unspecified atom stereocenters. The minimum Gasteiger partial charge on any atom is -0.497 e. The molecule has 27 heavy (non-hydrogen) atoms. The van der Waals surface area contributed by atoms with Crippen molar-refractivity contribution in [2.24, 2.45) is 0 Å². The van der Waals surface area contributed by atoms with E-state index in [0.717, 1.165) is 22.6 Å². The number of rotatable bonds is 7. The molecule has 0 saturated carbocycles. The van der Waals surface area contributed by atoms with Gasteiger partial charge in [-0.15, -0.1) is 10.2 Å². The Morgan fingerprint density at radius 3 is 2.44 bits per heavy atom. The van der Waals surface area contributed by atoms with Crippen LogP contribution < -0.4 is 10.1 Å². The molecule has 0 aliphatic heterocycles. The number of alkyl carbamates (subject to hydrolysis) is 1. The lowest BCUT2D eigenvalue weighted by Gasteiger charge is -2.22. The topological polar surface area (TPSA) is 111 Å². The van der Waals surface area contributed by atoms with Crippen LogP contribution in [0.2, 0.25) is 0 Å². The molecule has 146 valence electrons. The molecule has 1 aromatic carbocycles. The van der Waals surface area contributed by atoms with Gasteiger partial charge < -0.3 is 19.9 Å². The highest BCUT2D eigenvalue weighted by atomic mass is 32.1. The third kappa shape index (κ3) is 6.86. The number of nitrogens with one attached hydrogen (secondary N) is 1. The van der Waals surface area contributed by atoms with E-state index in [1.807, 2.05) is 24.3 Å². The number of carbonyl (C=O) groups is 2. The lowest BCUT2D eigenvalue weighted by atomic mass is 10.1. The van der Waals surface area contributed by atoms with E-state index in [0.29, 0.717) is 16.4 Å². The van der Waals surface area contributed by atoms with Gasteiger partial charge in [-0.2, -0.15) is 0 Å². The molecule has 2 N–H and O–H groups in total. The minimum absolute atomic E-state index is 0.209. The molecule has 9 heteroatoms. The Morgan fingerprint density at radius 1 is 1.22 bits per heavy atom. The first kappa shape index (κ1) is 20.6. The van der Waals surface area contributed by atoms with Gasteiger partial charge in [-0.1, -0.05) is 23.5 Å². The molecule has 0 bridgehead atoms. The van der Waals surface area contributed by atoms with Crippen molar-refractivity contribution in [1.29, 1.82) is 0 Å². The molecule has 0 radical (unpaired) electrons. The van der Waals surface area contributed by atoms with Crippen LogP contribution in [0.25, 0.3) is 0 Å². The number of carboxylic acid groups (broad SMARTS) is 1. The van der Waals surface area contributed by atoms with Gasteiger partial charge in [0.05, 0.1) is 19.6 Å². The first-order chi connectivity index (χ1) is 12.7. The van der Waals surface area contributed by atoms with Crippen molar-refractivity contribution in [2.75, 3.05) is 7.11 Å². The summed E-state index contributed by atoms with van der Waals surface area (Å²) >= 11 is 1.16. The fourth-order valence-corrected chi connectivity index (χ4v) is 3.14. The predicted molar refractivity (Wildman–Crippen MR) is 100 cm³/mol. The van der Waals surface area contributed by atoms with E-state index in [9.17, 15) is 9.59 Å².